The fourth-order valence-corrected chi connectivity index (χ4v) is 2.89. The monoisotopic (exact) mass is 290 g/mol. The lowest BCUT2D eigenvalue weighted by molar-refractivity contribution is -0.0318. The van der Waals surface area contributed by atoms with Crippen LogP contribution in [-0.4, -0.2) is 55.5 Å². The fourth-order valence-electron chi connectivity index (χ4n) is 2.89. The van der Waals surface area contributed by atoms with Crippen molar-refractivity contribution in [3.05, 3.63) is 18.7 Å². The van der Waals surface area contributed by atoms with Gasteiger partial charge in [-0.15, -0.1) is 5.10 Å². The van der Waals surface area contributed by atoms with Gasteiger partial charge in [-0.3, -0.25) is 0 Å². The summed E-state index contributed by atoms with van der Waals surface area (Å²) < 4.78 is 1.84. The van der Waals surface area contributed by atoms with Gasteiger partial charge in [-0.25, -0.2) is 9.78 Å². The molecule has 1 fully saturated rings. The molecule has 112 valence electrons. The summed E-state index contributed by atoms with van der Waals surface area (Å²) in [6.45, 7) is 2.40. The standard InChI is InChI=1S/C13H18N6O2/c1-13(5-10(20)3-4-19(13)12(21)14-2)18-7-9-6-16-17-11(9)15-8-18/h6-8,10,20H,3-5H2,1-2H3,(H,14,21). The van der Waals surface area contributed by atoms with Crippen molar-refractivity contribution in [1.82, 2.24) is 30.0 Å². The van der Waals surface area contributed by atoms with E-state index in [1.54, 1.807) is 24.5 Å². The second-order valence-electron chi connectivity index (χ2n) is 5.47. The zero-order chi connectivity index (χ0) is 15.0. The van der Waals surface area contributed by atoms with Crippen LogP contribution >= 0.6 is 0 Å². The van der Waals surface area contributed by atoms with Crippen molar-refractivity contribution in [2.24, 2.45) is 0 Å². The molecule has 0 saturated carbocycles. The number of hydrogen-bond acceptors (Lipinski definition) is 5. The number of rotatable bonds is 1. The number of aromatic nitrogens is 4. The van der Waals surface area contributed by atoms with Crippen molar-refractivity contribution in [1.29, 1.82) is 0 Å². The van der Waals surface area contributed by atoms with Gasteiger partial charge in [0, 0.05) is 26.2 Å². The van der Waals surface area contributed by atoms with Crippen LogP contribution in [0, 0.1) is 0 Å². The number of hydrogen-bond donors (Lipinski definition) is 2. The molecule has 3 aliphatic rings. The number of nitrogens with zero attached hydrogens (tertiary/aromatic N) is 5. The summed E-state index contributed by atoms with van der Waals surface area (Å²) in [5.41, 5.74) is 0.117. The van der Waals surface area contributed by atoms with E-state index in [2.05, 4.69) is 20.5 Å². The molecule has 2 unspecified atom stereocenters. The molecule has 3 aliphatic heterocycles. The van der Waals surface area contributed by atoms with Crippen LogP contribution in [-0.2, 0) is 5.66 Å². The summed E-state index contributed by atoms with van der Waals surface area (Å²) in [7, 11) is 1.60. The maximum Gasteiger partial charge on any atom is 0.319 e. The van der Waals surface area contributed by atoms with Crippen molar-refractivity contribution < 1.29 is 9.90 Å². The van der Waals surface area contributed by atoms with Crippen LogP contribution in [0.3, 0.4) is 0 Å². The van der Waals surface area contributed by atoms with Gasteiger partial charge in [0.05, 0.1) is 24.2 Å². The molecule has 0 aromatic carbocycles. The molecular formula is C13H18N6O2. The SMILES string of the molecule is CNC(=O)N1CCC(O)CC1(C)n1cnc2nncc-2c1. The Balaban J connectivity index is 2.05. The third-order valence-electron chi connectivity index (χ3n) is 4.10. The maximum atomic E-state index is 12.2. The second-order valence-corrected chi connectivity index (χ2v) is 5.47. The fraction of sp³-hybridized carbons (Fsp3) is 0.538. The summed E-state index contributed by atoms with van der Waals surface area (Å²) in [6.07, 6.45) is 5.68. The molecule has 0 bridgehead atoms. The van der Waals surface area contributed by atoms with Gasteiger partial charge in [-0.05, 0) is 13.3 Å². The van der Waals surface area contributed by atoms with Gasteiger partial charge in [-0.2, -0.15) is 5.10 Å². The van der Waals surface area contributed by atoms with E-state index in [-0.39, 0.29) is 6.03 Å². The zero-order valence-corrected chi connectivity index (χ0v) is 12.0. The molecule has 0 aromatic rings. The molecule has 21 heavy (non-hydrogen) atoms. The molecule has 3 rings (SSSR count). The third-order valence-corrected chi connectivity index (χ3v) is 4.10. The second kappa shape index (κ2) is 4.96. The smallest absolute Gasteiger partial charge is 0.319 e. The number of fused-ring (bicyclic) bond motifs is 1. The lowest BCUT2D eigenvalue weighted by atomic mass is 9.94. The highest BCUT2D eigenvalue weighted by Gasteiger charge is 2.42. The van der Waals surface area contributed by atoms with Gasteiger partial charge in [0.15, 0.2) is 5.82 Å². The Morgan fingerprint density at radius 1 is 1.57 bits per heavy atom. The average Bonchev–Trinajstić information content (AvgIpc) is 2.94. The number of aliphatic hydroxyl groups is 1. The number of likely N-dealkylation sites (tertiary alicyclic amines) is 1. The highest BCUT2D eigenvalue weighted by atomic mass is 16.3. The Labute approximate surface area is 122 Å². The molecule has 0 aromatic heterocycles. The first-order valence-corrected chi connectivity index (χ1v) is 6.88. The highest BCUT2D eigenvalue weighted by Crippen LogP contribution is 2.33. The van der Waals surface area contributed by atoms with Gasteiger partial charge in [0.1, 0.15) is 5.66 Å². The molecule has 8 heteroatoms. The van der Waals surface area contributed by atoms with Gasteiger partial charge >= 0.3 is 6.03 Å². The lowest BCUT2D eigenvalue weighted by Crippen LogP contribution is -2.59. The third kappa shape index (κ3) is 2.21. The molecule has 2 amide bonds. The van der Waals surface area contributed by atoms with Crippen molar-refractivity contribution in [2.45, 2.75) is 31.5 Å². The number of urea groups is 1. The lowest BCUT2D eigenvalue weighted by Gasteiger charge is -2.47. The Kier molecular flexibility index (Phi) is 3.25. The van der Waals surface area contributed by atoms with Gasteiger partial charge in [-0.1, -0.05) is 0 Å². The predicted octanol–water partition coefficient (Wildman–Crippen LogP) is 0.247. The number of aliphatic hydroxyl groups excluding tert-OH is 1. The van der Waals surface area contributed by atoms with E-state index in [0.717, 1.165) is 5.56 Å². The van der Waals surface area contributed by atoms with Crippen LogP contribution in [0.2, 0.25) is 0 Å². The summed E-state index contributed by atoms with van der Waals surface area (Å²) in [6, 6.07) is -0.171. The van der Waals surface area contributed by atoms with Crippen LogP contribution in [0.5, 0.6) is 0 Å². The topological polar surface area (TPSA) is 96.2 Å². The minimum absolute atomic E-state index is 0.171. The minimum atomic E-state index is -0.684. The van der Waals surface area contributed by atoms with Crippen LogP contribution < -0.4 is 5.32 Å². The number of nitrogens with one attached hydrogen (secondary N) is 1. The summed E-state index contributed by atoms with van der Waals surface area (Å²) in [5.74, 6) is 0.567. The van der Waals surface area contributed by atoms with Crippen molar-refractivity contribution >= 4 is 6.03 Å². The first-order valence-electron chi connectivity index (χ1n) is 6.88. The quantitative estimate of drug-likeness (QED) is 0.784. The summed E-state index contributed by atoms with van der Waals surface area (Å²) in [5, 5.41) is 20.4. The molecule has 8 nitrogen and oxygen atoms in total. The molecule has 0 aliphatic carbocycles. The predicted molar refractivity (Wildman–Crippen MR) is 74.5 cm³/mol. The average molecular weight is 290 g/mol. The van der Waals surface area contributed by atoms with E-state index in [1.807, 2.05) is 17.7 Å². The largest absolute Gasteiger partial charge is 0.393 e. The Bertz CT molecular complexity index is 629. The Morgan fingerprint density at radius 2 is 2.38 bits per heavy atom. The molecule has 3 heterocycles. The molecule has 0 radical (unpaired) electrons. The number of carbonyl (C=O) groups is 1. The van der Waals surface area contributed by atoms with Crippen LogP contribution in [0.15, 0.2) is 18.7 Å². The first-order chi connectivity index (χ1) is 10.0. The first kappa shape index (κ1) is 13.7. The van der Waals surface area contributed by atoms with Crippen molar-refractivity contribution in [2.75, 3.05) is 13.6 Å². The Hall–Kier alpha value is -2.22. The molecular weight excluding hydrogens is 272 g/mol. The molecule has 2 N–H and O–H groups in total. The van der Waals surface area contributed by atoms with E-state index >= 15 is 0 Å². The summed E-state index contributed by atoms with van der Waals surface area (Å²) in [4.78, 5) is 18.1. The maximum absolute atomic E-state index is 12.2. The van der Waals surface area contributed by atoms with Crippen LogP contribution in [0.1, 0.15) is 19.8 Å². The van der Waals surface area contributed by atoms with E-state index in [0.29, 0.717) is 25.2 Å². The van der Waals surface area contributed by atoms with E-state index < -0.39 is 11.8 Å². The number of amides is 2. The number of carbonyl (C=O) groups excluding carboxylic acids is 1. The molecule has 0 spiro atoms. The van der Waals surface area contributed by atoms with Crippen LogP contribution in [0.4, 0.5) is 4.79 Å². The van der Waals surface area contributed by atoms with Crippen molar-refractivity contribution in [3.8, 4) is 11.4 Å². The molecule has 1 saturated heterocycles. The van der Waals surface area contributed by atoms with E-state index in [9.17, 15) is 9.90 Å². The normalized spacial score (nSPS) is 26.0. The molecule has 2 atom stereocenters. The van der Waals surface area contributed by atoms with Gasteiger partial charge in [0.25, 0.3) is 0 Å². The van der Waals surface area contributed by atoms with Crippen LogP contribution in [0.25, 0.3) is 11.4 Å². The minimum Gasteiger partial charge on any atom is -0.393 e. The van der Waals surface area contributed by atoms with E-state index in [1.165, 1.54) is 0 Å². The zero-order valence-electron chi connectivity index (χ0n) is 12.0. The summed E-state index contributed by atoms with van der Waals surface area (Å²) >= 11 is 0. The van der Waals surface area contributed by atoms with Crippen molar-refractivity contribution in [3.63, 3.8) is 0 Å². The van der Waals surface area contributed by atoms with Gasteiger partial charge < -0.3 is 19.9 Å². The highest BCUT2D eigenvalue weighted by molar-refractivity contribution is 5.74. The van der Waals surface area contributed by atoms with Gasteiger partial charge in [0.2, 0.25) is 0 Å². The Morgan fingerprint density at radius 3 is 3.14 bits per heavy atom. The van der Waals surface area contributed by atoms with E-state index in [4.69, 9.17) is 0 Å². The number of piperidine rings is 1.